The average molecular weight is 244 g/mol. The monoisotopic (exact) mass is 243 g/mol. The molecule has 1 N–H and O–H groups in total. The maximum absolute atomic E-state index is 11.1. The highest BCUT2D eigenvalue weighted by atomic mass is 35.5. The first-order valence-corrected chi connectivity index (χ1v) is 6.30. The van der Waals surface area contributed by atoms with Crippen LogP contribution in [0.3, 0.4) is 0 Å². The lowest BCUT2D eigenvalue weighted by atomic mass is 10.3. The molecule has 0 aromatic heterocycles. The van der Waals surface area contributed by atoms with E-state index in [1.807, 2.05) is 0 Å². The Labute approximate surface area is 87.5 Å². The van der Waals surface area contributed by atoms with Crippen molar-refractivity contribution in [1.82, 2.24) is 5.32 Å². The maximum Gasteiger partial charge on any atom is 0.256 e. The molecule has 0 aromatic carbocycles. The molecule has 13 heavy (non-hydrogen) atoms. The van der Waals surface area contributed by atoms with Crippen molar-refractivity contribution >= 4 is 38.8 Å². The van der Waals surface area contributed by atoms with E-state index in [2.05, 4.69) is 5.32 Å². The maximum atomic E-state index is 11.1. The van der Waals surface area contributed by atoms with Crippen molar-refractivity contribution in [2.75, 3.05) is 18.6 Å². The molecule has 0 amide bonds. The van der Waals surface area contributed by atoms with Crippen molar-refractivity contribution in [1.29, 1.82) is 0 Å². The molecule has 1 saturated heterocycles. The fraction of sp³-hybridized carbons (Fsp3) is 0.833. The molecular weight excluding hydrogens is 234 g/mol. The van der Waals surface area contributed by atoms with Crippen LogP contribution < -0.4 is 5.32 Å². The molecule has 0 spiro atoms. The van der Waals surface area contributed by atoms with E-state index in [1.54, 1.807) is 0 Å². The summed E-state index contributed by atoms with van der Waals surface area (Å²) >= 11 is 10.5. The van der Waals surface area contributed by atoms with Crippen LogP contribution in [-0.4, -0.2) is 43.6 Å². The molecule has 0 aliphatic carbocycles. The quantitative estimate of drug-likeness (QED) is 0.516. The Kier molecular flexibility index (Phi) is 3.37. The lowest BCUT2D eigenvalue weighted by Crippen LogP contribution is -2.40. The molecule has 0 saturated carbocycles. The van der Waals surface area contributed by atoms with Crippen LogP contribution in [0.5, 0.6) is 0 Å². The van der Waals surface area contributed by atoms with Gasteiger partial charge in [0, 0.05) is 0 Å². The summed E-state index contributed by atoms with van der Waals surface area (Å²) in [6.07, 6.45) is 0. The van der Waals surface area contributed by atoms with Crippen molar-refractivity contribution in [3.63, 3.8) is 0 Å². The third kappa shape index (κ3) is 2.96. The molecule has 76 valence electrons. The number of nitrogens with one attached hydrogen (secondary N) is 1. The van der Waals surface area contributed by atoms with Crippen LogP contribution in [-0.2, 0) is 14.6 Å². The fourth-order valence-electron chi connectivity index (χ4n) is 1.15. The summed E-state index contributed by atoms with van der Waals surface area (Å²) in [7, 11) is -1.59. The van der Waals surface area contributed by atoms with Crippen LogP contribution in [0.4, 0.5) is 0 Å². The van der Waals surface area contributed by atoms with Crippen LogP contribution in [0.25, 0.3) is 0 Å². The summed E-state index contributed by atoms with van der Waals surface area (Å²) < 4.78 is 26.9. The van der Waals surface area contributed by atoms with Crippen LogP contribution >= 0.6 is 23.8 Å². The Bertz CT molecular complexity index is 303. The lowest BCUT2D eigenvalue weighted by Gasteiger charge is -2.14. The second-order valence-corrected chi connectivity index (χ2v) is 5.92. The van der Waals surface area contributed by atoms with E-state index in [0.29, 0.717) is 0 Å². The zero-order valence-corrected chi connectivity index (χ0v) is 9.38. The zero-order valence-electron chi connectivity index (χ0n) is 6.99. The molecule has 1 aliphatic rings. The summed E-state index contributed by atoms with van der Waals surface area (Å²) in [4.78, 5) is 0. The third-order valence-electron chi connectivity index (χ3n) is 1.77. The standard InChI is InChI=1S/C6H10ClNO3S2/c1-11-6(12)8-5-3-13(9,10)2-4(5)7/h4-5H,2-3H2,1H3,(H,8,12)/t4-,5+/m0/s1. The van der Waals surface area contributed by atoms with Gasteiger partial charge in [-0.2, -0.15) is 0 Å². The number of halogens is 1. The Morgan fingerprint density at radius 1 is 1.62 bits per heavy atom. The average Bonchev–Trinajstić information content (AvgIpc) is 2.24. The van der Waals surface area contributed by atoms with E-state index in [4.69, 9.17) is 28.6 Å². The van der Waals surface area contributed by atoms with Crippen molar-refractivity contribution in [3.05, 3.63) is 0 Å². The van der Waals surface area contributed by atoms with Gasteiger partial charge >= 0.3 is 0 Å². The van der Waals surface area contributed by atoms with Gasteiger partial charge < -0.3 is 10.1 Å². The molecule has 0 bridgehead atoms. The second-order valence-electron chi connectivity index (χ2n) is 2.84. The number of rotatable bonds is 1. The molecule has 7 heteroatoms. The minimum atomic E-state index is -3.01. The van der Waals surface area contributed by atoms with Crippen molar-refractivity contribution in [2.24, 2.45) is 0 Å². The molecule has 0 radical (unpaired) electrons. The van der Waals surface area contributed by atoms with Gasteiger partial charge in [-0.3, -0.25) is 0 Å². The van der Waals surface area contributed by atoms with E-state index < -0.39 is 15.2 Å². The first-order valence-electron chi connectivity index (χ1n) is 3.63. The fourth-order valence-corrected chi connectivity index (χ4v) is 3.85. The Balaban J connectivity index is 2.59. The Hall–Kier alpha value is -0.0700. The van der Waals surface area contributed by atoms with E-state index in [0.717, 1.165) is 0 Å². The Morgan fingerprint density at radius 2 is 2.23 bits per heavy atom. The van der Waals surface area contributed by atoms with E-state index in [9.17, 15) is 8.42 Å². The number of ether oxygens (including phenoxy) is 1. The van der Waals surface area contributed by atoms with Gasteiger partial charge in [-0.1, -0.05) is 0 Å². The first kappa shape index (κ1) is 11.0. The van der Waals surface area contributed by atoms with Gasteiger partial charge in [0.25, 0.3) is 5.17 Å². The molecule has 0 aromatic rings. The van der Waals surface area contributed by atoms with Crippen molar-refractivity contribution in [3.8, 4) is 0 Å². The van der Waals surface area contributed by atoms with Gasteiger partial charge in [0.1, 0.15) is 0 Å². The number of sulfone groups is 1. The minimum Gasteiger partial charge on any atom is -0.474 e. The predicted molar refractivity (Wildman–Crippen MR) is 54.8 cm³/mol. The smallest absolute Gasteiger partial charge is 0.256 e. The highest BCUT2D eigenvalue weighted by molar-refractivity contribution is 7.91. The van der Waals surface area contributed by atoms with Gasteiger partial charge in [0.2, 0.25) is 0 Å². The van der Waals surface area contributed by atoms with Crippen LogP contribution in [0.2, 0.25) is 0 Å². The van der Waals surface area contributed by atoms with Gasteiger partial charge in [0.05, 0.1) is 30.0 Å². The van der Waals surface area contributed by atoms with Crippen molar-refractivity contribution in [2.45, 2.75) is 11.4 Å². The molecule has 1 fully saturated rings. The number of methoxy groups -OCH3 is 1. The van der Waals surface area contributed by atoms with Gasteiger partial charge in [-0.05, 0) is 12.2 Å². The van der Waals surface area contributed by atoms with Gasteiger partial charge in [0.15, 0.2) is 9.84 Å². The zero-order chi connectivity index (χ0) is 10.1. The highest BCUT2D eigenvalue weighted by Gasteiger charge is 2.36. The molecule has 1 heterocycles. The molecule has 1 aliphatic heterocycles. The molecule has 4 nitrogen and oxygen atoms in total. The van der Waals surface area contributed by atoms with Crippen LogP contribution in [0.1, 0.15) is 0 Å². The summed E-state index contributed by atoms with van der Waals surface area (Å²) in [5.74, 6) is 0.0171. The topological polar surface area (TPSA) is 55.4 Å². The van der Waals surface area contributed by atoms with E-state index in [-0.39, 0.29) is 22.7 Å². The molecular formula is C6H10ClNO3S2. The SMILES string of the molecule is COC(=S)N[C@@H]1CS(=O)(=O)C[C@@H]1Cl. The van der Waals surface area contributed by atoms with E-state index >= 15 is 0 Å². The van der Waals surface area contributed by atoms with Crippen LogP contribution in [0.15, 0.2) is 0 Å². The number of alkyl halides is 1. The van der Waals surface area contributed by atoms with Gasteiger partial charge in [-0.25, -0.2) is 8.42 Å². The first-order chi connectivity index (χ1) is 5.94. The summed E-state index contributed by atoms with van der Waals surface area (Å²) in [5.41, 5.74) is 0. The van der Waals surface area contributed by atoms with Crippen molar-refractivity contribution < 1.29 is 13.2 Å². The number of thiocarbonyl (C=S) groups is 1. The lowest BCUT2D eigenvalue weighted by molar-refractivity contribution is 0.385. The summed E-state index contributed by atoms with van der Waals surface area (Å²) in [6.45, 7) is 0. The number of hydrogen-bond donors (Lipinski definition) is 1. The van der Waals surface area contributed by atoms with Crippen LogP contribution in [0, 0.1) is 0 Å². The predicted octanol–water partition coefficient (Wildman–Crippen LogP) is -0.0883. The number of hydrogen-bond acceptors (Lipinski definition) is 4. The Morgan fingerprint density at radius 3 is 2.62 bits per heavy atom. The normalized spacial score (nSPS) is 31.2. The largest absolute Gasteiger partial charge is 0.474 e. The molecule has 1 rings (SSSR count). The molecule has 0 unspecified atom stereocenters. The molecule has 2 atom stereocenters. The highest BCUT2D eigenvalue weighted by Crippen LogP contribution is 2.17. The second kappa shape index (κ2) is 3.98. The van der Waals surface area contributed by atoms with E-state index in [1.165, 1.54) is 7.11 Å². The van der Waals surface area contributed by atoms with Gasteiger partial charge in [-0.15, -0.1) is 11.6 Å². The summed E-state index contributed by atoms with van der Waals surface area (Å²) in [5, 5.41) is 2.47. The summed E-state index contributed by atoms with van der Waals surface area (Å²) in [6, 6.07) is -0.334. The minimum absolute atomic E-state index is 0.00144. The third-order valence-corrected chi connectivity index (χ3v) is 4.43.